The minimum atomic E-state index is -0.919. The van der Waals surface area contributed by atoms with Gasteiger partial charge in [0.2, 0.25) is 0 Å². The van der Waals surface area contributed by atoms with Crippen LogP contribution in [-0.4, -0.2) is 70.2 Å². The minimum Gasteiger partial charge on any atom is -0.481 e. The van der Waals surface area contributed by atoms with Crippen molar-refractivity contribution in [3.05, 3.63) is 87.7 Å². The number of carbonyl (C=O) groups excluding carboxylic acids is 3. The molecule has 1 aromatic carbocycles. The Hall–Kier alpha value is -6.30. The van der Waals surface area contributed by atoms with Gasteiger partial charge in [-0.05, 0) is 91.8 Å². The standard InChI is InChI=1S/C40H38N4O8/c1-8-22-19(2)27-16-33-25-9-10-26(39(48)51-6)38(40(49)52-7)37(25)34(44-33)17-29-21(4)24(12-14-36(47)50-5)32(43-29)18-31-23(11-13-35(45)46)20(3)28(42-31)15-30(22)41-27/h8-10,15-18,41-42H,1,11-14H2,2-7H3,(H,45,46). The lowest BCUT2D eigenvalue weighted by Gasteiger charge is -2.11. The van der Waals surface area contributed by atoms with E-state index in [1.165, 1.54) is 27.4 Å². The molecule has 0 aliphatic carbocycles. The molecular formula is C40H38N4O8. The number of aryl methyl sites for hydroxylation is 3. The second-order valence-corrected chi connectivity index (χ2v) is 12.6. The normalized spacial score (nSPS) is 12.0. The Balaban J connectivity index is 1.79. The van der Waals surface area contributed by atoms with Gasteiger partial charge >= 0.3 is 23.9 Å². The highest BCUT2D eigenvalue weighted by molar-refractivity contribution is 6.11. The smallest absolute Gasteiger partial charge is 0.339 e. The van der Waals surface area contributed by atoms with Crippen molar-refractivity contribution in [2.24, 2.45) is 0 Å². The fourth-order valence-electron chi connectivity index (χ4n) is 6.89. The van der Waals surface area contributed by atoms with Crippen molar-refractivity contribution in [3.63, 3.8) is 0 Å². The second-order valence-electron chi connectivity index (χ2n) is 12.6. The highest BCUT2D eigenvalue weighted by atomic mass is 16.5. The Morgan fingerprint density at radius 2 is 1.42 bits per heavy atom. The van der Waals surface area contributed by atoms with Gasteiger partial charge in [0.1, 0.15) is 0 Å². The van der Waals surface area contributed by atoms with Crippen molar-refractivity contribution in [2.75, 3.05) is 21.3 Å². The fraction of sp³-hybridized carbons (Fsp3) is 0.250. The molecule has 3 N–H and O–H groups in total. The molecule has 52 heavy (non-hydrogen) atoms. The van der Waals surface area contributed by atoms with Crippen molar-refractivity contribution in [1.29, 1.82) is 0 Å². The molecule has 0 spiro atoms. The number of hydrogen-bond acceptors (Lipinski definition) is 9. The van der Waals surface area contributed by atoms with Gasteiger partial charge in [-0.2, -0.15) is 0 Å². The number of ether oxygens (including phenoxy) is 3. The fourth-order valence-corrected chi connectivity index (χ4v) is 6.89. The number of benzene rings is 1. The molecule has 0 saturated carbocycles. The van der Waals surface area contributed by atoms with E-state index in [0.29, 0.717) is 45.8 Å². The molecule has 0 saturated heterocycles. The lowest BCUT2D eigenvalue weighted by atomic mass is 9.93. The number of aromatic nitrogens is 4. The third-order valence-electron chi connectivity index (χ3n) is 9.70. The molecule has 5 heterocycles. The van der Waals surface area contributed by atoms with E-state index in [9.17, 15) is 24.3 Å². The monoisotopic (exact) mass is 702 g/mol. The Labute approximate surface area is 299 Å². The maximum absolute atomic E-state index is 13.4. The number of carboxylic acid groups (broad SMARTS) is 1. The van der Waals surface area contributed by atoms with Gasteiger partial charge < -0.3 is 29.3 Å². The Kier molecular flexibility index (Phi) is 9.66. The zero-order valence-electron chi connectivity index (χ0n) is 29.8. The zero-order valence-corrected chi connectivity index (χ0v) is 29.8. The van der Waals surface area contributed by atoms with E-state index in [1.54, 1.807) is 18.2 Å². The number of carbonyl (C=O) groups is 4. The SMILES string of the molecule is C=Cc1c(C)c2cc3nc(cc4nc(cc5[nH]c(cc1[nH]2)c(C)c5CCC(=O)O)C(CCC(=O)OC)=C4C)-c1c-3ccc(C(=O)OC)c1C(=O)OC. The number of rotatable bonds is 9. The summed E-state index contributed by atoms with van der Waals surface area (Å²) in [6.07, 6.45) is 2.37. The third-order valence-corrected chi connectivity index (χ3v) is 9.70. The summed E-state index contributed by atoms with van der Waals surface area (Å²) in [5, 5.41) is 9.59. The van der Waals surface area contributed by atoms with E-state index < -0.39 is 17.9 Å². The average molecular weight is 703 g/mol. The Bertz CT molecular complexity index is 2410. The summed E-state index contributed by atoms with van der Waals surface area (Å²) < 4.78 is 15.1. The Morgan fingerprint density at radius 1 is 0.750 bits per heavy atom. The summed E-state index contributed by atoms with van der Waals surface area (Å²) in [7, 11) is 3.81. The number of esters is 3. The number of fused-ring (bicyclic) bond motifs is 11. The highest BCUT2D eigenvalue weighted by Crippen LogP contribution is 2.42. The molecule has 0 fully saturated rings. The van der Waals surface area contributed by atoms with Crippen LogP contribution in [0, 0.1) is 13.8 Å². The molecule has 3 aromatic heterocycles. The van der Waals surface area contributed by atoms with Crippen molar-refractivity contribution in [2.45, 2.75) is 46.5 Å². The molecule has 4 aromatic rings. The second kappa shape index (κ2) is 14.1. The first-order valence-corrected chi connectivity index (χ1v) is 16.6. The molecule has 2 aliphatic rings. The summed E-state index contributed by atoms with van der Waals surface area (Å²) in [6, 6.07) is 10.7. The number of hydrogen-bond donors (Lipinski definition) is 3. The number of carboxylic acids is 1. The molecule has 266 valence electrons. The number of allylic oxidation sites excluding steroid dienone is 2. The van der Waals surface area contributed by atoms with Crippen molar-refractivity contribution in [3.8, 4) is 22.5 Å². The first-order chi connectivity index (χ1) is 24.9. The van der Waals surface area contributed by atoms with Crippen LogP contribution in [0.5, 0.6) is 0 Å². The lowest BCUT2D eigenvalue weighted by Crippen LogP contribution is -2.13. The van der Waals surface area contributed by atoms with Crippen LogP contribution in [0.1, 0.15) is 80.5 Å². The first kappa shape index (κ1) is 35.5. The predicted molar refractivity (Wildman–Crippen MR) is 197 cm³/mol. The number of methoxy groups -OCH3 is 3. The summed E-state index contributed by atoms with van der Waals surface area (Å²) in [6.45, 7) is 9.86. The number of H-pyrrole nitrogens is 2. The first-order valence-electron chi connectivity index (χ1n) is 16.6. The van der Waals surface area contributed by atoms with E-state index in [0.717, 1.165) is 50.0 Å². The Morgan fingerprint density at radius 3 is 2.10 bits per heavy atom. The van der Waals surface area contributed by atoms with Crippen LogP contribution in [0.15, 0.2) is 43.0 Å². The maximum Gasteiger partial charge on any atom is 0.339 e. The lowest BCUT2D eigenvalue weighted by molar-refractivity contribution is -0.140. The molecule has 0 amide bonds. The molecule has 2 aliphatic heterocycles. The summed E-state index contributed by atoms with van der Waals surface area (Å²) in [4.78, 5) is 67.4. The van der Waals surface area contributed by atoms with Gasteiger partial charge in [-0.15, -0.1) is 0 Å². The largest absolute Gasteiger partial charge is 0.481 e. The molecule has 12 nitrogen and oxygen atoms in total. The van der Waals surface area contributed by atoms with Crippen LogP contribution in [-0.2, 0) is 30.2 Å². The zero-order chi connectivity index (χ0) is 37.4. The quantitative estimate of drug-likeness (QED) is 0.104. The van der Waals surface area contributed by atoms with Gasteiger partial charge in [0.15, 0.2) is 0 Å². The summed E-state index contributed by atoms with van der Waals surface area (Å²) in [5.41, 5.74) is 11.0. The van der Waals surface area contributed by atoms with Crippen LogP contribution in [0.4, 0.5) is 0 Å². The molecular weight excluding hydrogens is 664 g/mol. The molecule has 0 radical (unpaired) electrons. The molecule has 0 unspecified atom stereocenters. The van der Waals surface area contributed by atoms with E-state index in [4.69, 9.17) is 24.2 Å². The van der Waals surface area contributed by atoms with Crippen molar-refractivity contribution < 1.29 is 38.5 Å². The average Bonchev–Trinajstić information content (AvgIpc) is 3.81. The van der Waals surface area contributed by atoms with Crippen molar-refractivity contribution in [1.82, 2.24) is 19.9 Å². The highest BCUT2D eigenvalue weighted by Gasteiger charge is 2.31. The molecule has 6 rings (SSSR count). The molecule has 12 heteroatoms. The van der Waals surface area contributed by atoms with E-state index >= 15 is 0 Å². The predicted octanol–water partition coefficient (Wildman–Crippen LogP) is 7.38. The molecule has 8 bridgehead atoms. The maximum atomic E-state index is 13.4. The minimum absolute atomic E-state index is 0.00577. The van der Waals surface area contributed by atoms with Gasteiger partial charge in [-0.1, -0.05) is 18.7 Å². The molecule has 0 atom stereocenters. The van der Waals surface area contributed by atoms with Crippen LogP contribution in [0.2, 0.25) is 0 Å². The van der Waals surface area contributed by atoms with Crippen LogP contribution < -0.4 is 0 Å². The van der Waals surface area contributed by atoms with Gasteiger partial charge in [-0.3, -0.25) is 9.59 Å². The number of nitrogens with one attached hydrogen (secondary N) is 2. The van der Waals surface area contributed by atoms with Gasteiger partial charge in [0.05, 0.1) is 55.2 Å². The van der Waals surface area contributed by atoms with Crippen LogP contribution in [0.3, 0.4) is 0 Å². The summed E-state index contributed by atoms with van der Waals surface area (Å²) in [5.74, 6) is -2.75. The number of nitrogens with zero attached hydrogens (tertiary/aromatic N) is 2. The van der Waals surface area contributed by atoms with Gasteiger partial charge in [0.25, 0.3) is 0 Å². The van der Waals surface area contributed by atoms with Crippen LogP contribution >= 0.6 is 0 Å². The van der Waals surface area contributed by atoms with Gasteiger partial charge in [-0.25, -0.2) is 19.6 Å². The van der Waals surface area contributed by atoms with E-state index in [1.807, 2.05) is 39.0 Å². The third kappa shape index (κ3) is 6.27. The van der Waals surface area contributed by atoms with Gasteiger partial charge in [0, 0.05) is 51.6 Å². The summed E-state index contributed by atoms with van der Waals surface area (Å²) >= 11 is 0. The van der Waals surface area contributed by atoms with E-state index in [2.05, 4.69) is 16.5 Å². The number of aromatic amines is 2. The van der Waals surface area contributed by atoms with E-state index in [-0.39, 0.29) is 36.4 Å². The van der Waals surface area contributed by atoms with Crippen molar-refractivity contribution >= 4 is 63.2 Å². The number of aliphatic carboxylic acids is 1. The topological polar surface area (TPSA) is 174 Å². The van der Waals surface area contributed by atoms with Crippen LogP contribution in [0.25, 0.3) is 61.8 Å².